The minimum Gasteiger partial charge on any atom is -0.256 e. The second-order valence-corrected chi connectivity index (χ2v) is 6.46. The van der Waals surface area contributed by atoms with Crippen LogP contribution >= 0.6 is 0 Å². The van der Waals surface area contributed by atoms with Gasteiger partial charge in [-0.15, -0.1) is 0 Å². The number of aryl methyl sites for hydroxylation is 1. The molecule has 0 bridgehead atoms. The predicted octanol–water partition coefficient (Wildman–Crippen LogP) is 7.19. The highest BCUT2D eigenvalue weighted by molar-refractivity contribution is 5.67. The van der Waals surface area contributed by atoms with Crippen LogP contribution in [0.25, 0.3) is 11.3 Å². The van der Waals surface area contributed by atoms with E-state index >= 15 is 0 Å². The lowest BCUT2D eigenvalue weighted by Crippen LogP contribution is -2.13. The number of aromatic nitrogens is 1. The van der Waals surface area contributed by atoms with Crippen molar-refractivity contribution in [2.75, 3.05) is 0 Å². The van der Waals surface area contributed by atoms with Crippen LogP contribution in [0.3, 0.4) is 0 Å². The van der Waals surface area contributed by atoms with Crippen LogP contribution in [-0.4, -0.2) is 4.98 Å². The summed E-state index contributed by atoms with van der Waals surface area (Å²) in [6, 6.07) is 12.6. The first kappa shape index (κ1) is 21.4. The molecule has 1 nitrogen and oxygen atoms in total. The largest absolute Gasteiger partial charge is 0.256 e. The van der Waals surface area contributed by atoms with Crippen molar-refractivity contribution in [1.82, 2.24) is 4.98 Å². The fourth-order valence-electron chi connectivity index (χ4n) is 2.11. The van der Waals surface area contributed by atoms with Crippen LogP contribution in [0, 0.1) is 6.92 Å². The molecule has 1 heterocycles. The van der Waals surface area contributed by atoms with Gasteiger partial charge in [0.25, 0.3) is 0 Å². The van der Waals surface area contributed by atoms with E-state index in [0.717, 1.165) is 5.69 Å². The average Bonchev–Trinajstić information content (AvgIpc) is 2.56. The maximum atomic E-state index is 4.52. The Morgan fingerprint density at radius 3 is 1.91 bits per heavy atom. The number of pyridine rings is 1. The van der Waals surface area contributed by atoms with Crippen molar-refractivity contribution >= 4 is 0 Å². The fraction of sp³-hybridized carbons (Fsp3) is 0.500. The van der Waals surface area contributed by atoms with E-state index in [9.17, 15) is 0 Å². The Balaban J connectivity index is 0.000000705. The molecule has 23 heavy (non-hydrogen) atoms. The molecule has 0 saturated heterocycles. The second kappa shape index (κ2) is 11.0. The maximum absolute atomic E-state index is 4.52. The van der Waals surface area contributed by atoms with E-state index in [1.54, 1.807) is 0 Å². The highest BCUT2D eigenvalue weighted by atomic mass is 14.7. The molecule has 2 rings (SSSR count). The third-order valence-electron chi connectivity index (χ3n) is 3.50. The van der Waals surface area contributed by atoms with E-state index in [0.29, 0.717) is 0 Å². The smallest absolute Gasteiger partial charge is 0.0734 e. The van der Waals surface area contributed by atoms with Crippen molar-refractivity contribution in [1.29, 1.82) is 0 Å². The molecule has 0 atom stereocenters. The summed E-state index contributed by atoms with van der Waals surface area (Å²) in [5, 5.41) is 0. The first-order valence-electron chi connectivity index (χ1n) is 8.93. The molecular weight excluding hydrogens is 278 g/mol. The predicted molar refractivity (Wildman–Crippen MR) is 105 cm³/mol. The SMILES string of the molecule is CC.CCCC.Cc1cccnc1-c1ccccc1C(C)(C)C. The van der Waals surface area contributed by atoms with Gasteiger partial charge in [0.05, 0.1) is 5.69 Å². The lowest BCUT2D eigenvalue weighted by molar-refractivity contribution is 0.591. The van der Waals surface area contributed by atoms with Gasteiger partial charge in [-0.3, -0.25) is 4.98 Å². The molecular formula is C22H35N. The molecule has 0 saturated carbocycles. The summed E-state index contributed by atoms with van der Waals surface area (Å²) >= 11 is 0. The Bertz CT molecular complexity index is 548. The molecule has 1 aromatic carbocycles. The van der Waals surface area contributed by atoms with Gasteiger partial charge in [-0.05, 0) is 29.5 Å². The summed E-state index contributed by atoms with van der Waals surface area (Å²) in [5.41, 5.74) is 5.06. The van der Waals surface area contributed by atoms with Crippen molar-refractivity contribution in [3.8, 4) is 11.3 Å². The zero-order chi connectivity index (χ0) is 17.9. The van der Waals surface area contributed by atoms with Gasteiger partial charge in [0.15, 0.2) is 0 Å². The van der Waals surface area contributed by atoms with Crippen molar-refractivity contribution in [3.63, 3.8) is 0 Å². The Hall–Kier alpha value is -1.63. The maximum Gasteiger partial charge on any atom is 0.0734 e. The zero-order valence-electron chi connectivity index (χ0n) is 16.4. The van der Waals surface area contributed by atoms with Crippen molar-refractivity contribution in [2.24, 2.45) is 0 Å². The summed E-state index contributed by atoms with van der Waals surface area (Å²) in [4.78, 5) is 4.52. The molecule has 0 N–H and O–H groups in total. The number of hydrogen-bond acceptors (Lipinski definition) is 1. The first-order valence-corrected chi connectivity index (χ1v) is 8.93. The van der Waals surface area contributed by atoms with Gasteiger partial charge < -0.3 is 0 Å². The Labute approximate surface area is 144 Å². The Morgan fingerprint density at radius 2 is 1.43 bits per heavy atom. The molecule has 0 aliphatic carbocycles. The lowest BCUT2D eigenvalue weighted by Gasteiger charge is -2.23. The van der Waals surface area contributed by atoms with Crippen LogP contribution in [0.4, 0.5) is 0 Å². The van der Waals surface area contributed by atoms with E-state index in [1.165, 1.54) is 29.5 Å². The number of nitrogens with zero attached hydrogens (tertiary/aromatic N) is 1. The summed E-state index contributed by atoms with van der Waals surface area (Å²) in [5.74, 6) is 0. The normalized spacial score (nSPS) is 10.1. The summed E-state index contributed by atoms with van der Waals surface area (Å²) in [6.07, 6.45) is 4.50. The van der Waals surface area contributed by atoms with Gasteiger partial charge in [-0.25, -0.2) is 0 Å². The van der Waals surface area contributed by atoms with E-state index in [-0.39, 0.29) is 5.41 Å². The van der Waals surface area contributed by atoms with Crippen LogP contribution < -0.4 is 0 Å². The van der Waals surface area contributed by atoms with Gasteiger partial charge in [0, 0.05) is 11.8 Å². The van der Waals surface area contributed by atoms with Gasteiger partial charge in [-0.2, -0.15) is 0 Å². The van der Waals surface area contributed by atoms with Gasteiger partial charge in [-0.1, -0.05) is 91.6 Å². The third kappa shape index (κ3) is 6.99. The van der Waals surface area contributed by atoms with Crippen LogP contribution in [0.5, 0.6) is 0 Å². The summed E-state index contributed by atoms with van der Waals surface area (Å²) in [6.45, 7) is 17.2. The van der Waals surface area contributed by atoms with Crippen LogP contribution in [0.2, 0.25) is 0 Å². The second-order valence-electron chi connectivity index (χ2n) is 6.46. The minimum absolute atomic E-state index is 0.139. The van der Waals surface area contributed by atoms with Crippen molar-refractivity contribution in [2.45, 2.75) is 73.6 Å². The quantitative estimate of drug-likeness (QED) is 0.572. The molecule has 1 aromatic heterocycles. The molecule has 1 heteroatoms. The monoisotopic (exact) mass is 313 g/mol. The highest BCUT2D eigenvalue weighted by Crippen LogP contribution is 2.32. The summed E-state index contributed by atoms with van der Waals surface area (Å²) in [7, 11) is 0. The average molecular weight is 314 g/mol. The molecule has 0 amide bonds. The molecule has 0 spiro atoms. The number of hydrogen-bond donors (Lipinski definition) is 0. The minimum atomic E-state index is 0.139. The molecule has 0 fully saturated rings. The third-order valence-corrected chi connectivity index (χ3v) is 3.50. The molecule has 2 aromatic rings. The number of rotatable bonds is 2. The first-order chi connectivity index (χ1) is 10.9. The molecule has 0 unspecified atom stereocenters. The number of unbranched alkanes of at least 4 members (excludes halogenated alkanes) is 1. The lowest BCUT2D eigenvalue weighted by atomic mass is 9.82. The topological polar surface area (TPSA) is 12.9 Å². The standard InChI is InChI=1S/C16H19N.C4H10.C2H6/c1-12-8-7-11-17-15(12)13-9-5-6-10-14(13)16(2,3)4;1-3-4-2;1-2/h5-11H,1-4H3;3-4H2,1-2H3;1-2H3. The number of benzene rings is 1. The summed E-state index contributed by atoms with van der Waals surface area (Å²) < 4.78 is 0. The van der Waals surface area contributed by atoms with Gasteiger partial charge in [0.1, 0.15) is 0 Å². The van der Waals surface area contributed by atoms with Crippen LogP contribution in [-0.2, 0) is 5.41 Å². The van der Waals surface area contributed by atoms with E-state index in [1.807, 2.05) is 26.1 Å². The molecule has 0 radical (unpaired) electrons. The Morgan fingerprint density at radius 1 is 0.870 bits per heavy atom. The molecule has 0 aliphatic heterocycles. The molecule has 0 aliphatic rings. The van der Waals surface area contributed by atoms with Crippen LogP contribution in [0.1, 0.15) is 72.4 Å². The highest BCUT2D eigenvalue weighted by Gasteiger charge is 2.19. The zero-order valence-corrected chi connectivity index (χ0v) is 16.4. The van der Waals surface area contributed by atoms with E-state index < -0.39 is 0 Å². The molecule has 128 valence electrons. The Kier molecular flexibility index (Phi) is 10.2. The van der Waals surface area contributed by atoms with Crippen molar-refractivity contribution < 1.29 is 0 Å². The van der Waals surface area contributed by atoms with Gasteiger partial charge in [0.2, 0.25) is 0 Å². The fourth-order valence-corrected chi connectivity index (χ4v) is 2.11. The van der Waals surface area contributed by atoms with Crippen molar-refractivity contribution in [3.05, 3.63) is 53.7 Å². The van der Waals surface area contributed by atoms with Gasteiger partial charge >= 0.3 is 0 Å². The van der Waals surface area contributed by atoms with E-state index in [4.69, 9.17) is 0 Å². The van der Waals surface area contributed by atoms with Crippen LogP contribution in [0.15, 0.2) is 42.6 Å². The van der Waals surface area contributed by atoms with E-state index in [2.05, 4.69) is 76.9 Å².